The van der Waals surface area contributed by atoms with Crippen LogP contribution in [-0.2, 0) is 11.2 Å². The molecule has 0 bridgehead atoms. The lowest BCUT2D eigenvalue weighted by molar-refractivity contribution is -0.122. The molecule has 0 fully saturated rings. The van der Waals surface area contributed by atoms with E-state index in [1.807, 2.05) is 61.5 Å². The summed E-state index contributed by atoms with van der Waals surface area (Å²) in [5.74, 6) is 7.01. The molecule has 2 aromatic rings. The van der Waals surface area contributed by atoms with Crippen LogP contribution in [0.2, 0.25) is 0 Å². The van der Waals surface area contributed by atoms with E-state index in [1.165, 1.54) is 0 Å². The highest BCUT2D eigenvalue weighted by Crippen LogP contribution is 2.18. The first-order valence-electron chi connectivity index (χ1n) is 8.42. The lowest BCUT2D eigenvalue weighted by Crippen LogP contribution is -2.29. The van der Waals surface area contributed by atoms with E-state index in [2.05, 4.69) is 23.7 Å². The fourth-order valence-corrected chi connectivity index (χ4v) is 2.17. The third kappa shape index (κ3) is 6.74. The topological polar surface area (TPSA) is 47.6 Å². The van der Waals surface area contributed by atoms with Gasteiger partial charge in [-0.1, -0.05) is 53.8 Å². The zero-order valence-electron chi connectivity index (χ0n) is 15.0. The van der Waals surface area contributed by atoms with Crippen molar-refractivity contribution in [3.05, 3.63) is 72.3 Å². The normalized spacial score (nSPS) is 9.58. The van der Waals surface area contributed by atoms with Gasteiger partial charge in [-0.3, -0.25) is 4.79 Å². The van der Waals surface area contributed by atoms with E-state index < -0.39 is 0 Å². The van der Waals surface area contributed by atoms with Gasteiger partial charge >= 0.3 is 0 Å². The second kappa shape index (κ2) is 10.6. The number of amides is 1. The number of hydrogen-bond acceptors (Lipinski definition) is 3. The number of carbonyl (C=O) groups is 1. The summed E-state index contributed by atoms with van der Waals surface area (Å²) in [6.07, 6.45) is 2.59. The van der Waals surface area contributed by atoms with Crippen molar-refractivity contribution in [3.63, 3.8) is 0 Å². The van der Waals surface area contributed by atoms with Crippen LogP contribution >= 0.6 is 0 Å². The minimum absolute atomic E-state index is 0.0316. The van der Waals surface area contributed by atoms with Crippen LogP contribution in [0.3, 0.4) is 0 Å². The van der Waals surface area contributed by atoms with Crippen LogP contribution in [0.5, 0.6) is 11.5 Å². The molecule has 2 rings (SSSR count). The van der Waals surface area contributed by atoms with Gasteiger partial charge in [-0.15, -0.1) is 6.58 Å². The number of carbonyl (C=O) groups excluding carboxylic acids is 1. The molecule has 0 aliphatic carbocycles. The molecule has 0 aliphatic heterocycles. The standard InChI is InChI=1S/C22H23NO3/c1-3-8-19-9-4-5-10-21(19)25-16-7-6-15-23-22(24)17-26-20-13-11-18(2)12-14-20/h3-5,9-14H,1,8,15-17H2,2H3,(H,23,24). The average molecular weight is 349 g/mol. The fourth-order valence-electron chi connectivity index (χ4n) is 2.17. The van der Waals surface area contributed by atoms with Crippen molar-refractivity contribution in [3.8, 4) is 23.3 Å². The summed E-state index contributed by atoms with van der Waals surface area (Å²) in [6.45, 7) is 6.23. The van der Waals surface area contributed by atoms with Gasteiger partial charge in [-0.25, -0.2) is 0 Å². The van der Waals surface area contributed by atoms with Crippen molar-refractivity contribution in [2.45, 2.75) is 13.3 Å². The highest BCUT2D eigenvalue weighted by atomic mass is 16.5. The van der Waals surface area contributed by atoms with E-state index in [0.717, 1.165) is 23.3 Å². The summed E-state index contributed by atoms with van der Waals surface area (Å²) in [6, 6.07) is 15.3. The molecule has 0 aromatic heterocycles. The molecule has 26 heavy (non-hydrogen) atoms. The Morgan fingerprint density at radius 2 is 1.88 bits per heavy atom. The first kappa shape index (κ1) is 19.1. The van der Waals surface area contributed by atoms with Crippen LogP contribution in [0.15, 0.2) is 61.2 Å². The summed E-state index contributed by atoms with van der Waals surface area (Å²) in [4.78, 5) is 11.7. The Hall–Kier alpha value is -3.19. The van der Waals surface area contributed by atoms with Gasteiger partial charge in [0.05, 0.1) is 6.54 Å². The Morgan fingerprint density at radius 3 is 2.65 bits per heavy atom. The van der Waals surface area contributed by atoms with Crippen LogP contribution in [0.25, 0.3) is 0 Å². The number of ether oxygens (including phenoxy) is 2. The maximum atomic E-state index is 11.7. The molecule has 0 saturated heterocycles. The largest absolute Gasteiger partial charge is 0.484 e. The first-order chi connectivity index (χ1) is 12.7. The van der Waals surface area contributed by atoms with Gasteiger partial charge in [-0.05, 0) is 37.1 Å². The number of rotatable bonds is 8. The van der Waals surface area contributed by atoms with Crippen LogP contribution in [0.1, 0.15) is 11.1 Å². The number of allylic oxidation sites excluding steroid dienone is 1. The van der Waals surface area contributed by atoms with Crippen molar-refractivity contribution in [2.75, 3.05) is 19.8 Å². The van der Waals surface area contributed by atoms with Gasteiger partial charge < -0.3 is 14.8 Å². The molecule has 0 unspecified atom stereocenters. The van der Waals surface area contributed by atoms with Gasteiger partial charge in [0.1, 0.15) is 18.1 Å². The van der Waals surface area contributed by atoms with Gasteiger partial charge in [0.15, 0.2) is 6.61 Å². The Labute approximate surface area is 154 Å². The van der Waals surface area contributed by atoms with E-state index in [9.17, 15) is 4.79 Å². The first-order valence-corrected chi connectivity index (χ1v) is 8.42. The van der Waals surface area contributed by atoms with Gasteiger partial charge in [0.25, 0.3) is 5.91 Å². The zero-order chi connectivity index (χ0) is 18.6. The van der Waals surface area contributed by atoms with Crippen molar-refractivity contribution in [1.82, 2.24) is 5.32 Å². The smallest absolute Gasteiger partial charge is 0.258 e. The van der Waals surface area contributed by atoms with E-state index >= 15 is 0 Å². The summed E-state index contributed by atoms with van der Waals surface area (Å²) < 4.78 is 11.1. The average Bonchev–Trinajstić information content (AvgIpc) is 2.65. The highest BCUT2D eigenvalue weighted by Gasteiger charge is 2.01. The predicted octanol–water partition coefficient (Wildman–Crippen LogP) is 3.30. The molecule has 4 nitrogen and oxygen atoms in total. The van der Waals surface area contributed by atoms with Crippen LogP contribution in [-0.4, -0.2) is 25.7 Å². The zero-order valence-corrected chi connectivity index (χ0v) is 15.0. The minimum atomic E-state index is -0.211. The number of aryl methyl sites for hydroxylation is 1. The van der Waals surface area contributed by atoms with Crippen molar-refractivity contribution in [1.29, 1.82) is 0 Å². The quantitative estimate of drug-likeness (QED) is 0.588. The van der Waals surface area contributed by atoms with Crippen molar-refractivity contribution < 1.29 is 14.3 Å². The highest BCUT2D eigenvalue weighted by molar-refractivity contribution is 5.77. The van der Waals surface area contributed by atoms with E-state index in [0.29, 0.717) is 5.75 Å². The Bertz CT molecular complexity index is 785. The number of para-hydroxylation sites is 1. The summed E-state index contributed by atoms with van der Waals surface area (Å²) >= 11 is 0. The summed E-state index contributed by atoms with van der Waals surface area (Å²) in [5, 5.41) is 2.69. The lowest BCUT2D eigenvalue weighted by Gasteiger charge is -2.07. The molecular weight excluding hydrogens is 326 g/mol. The van der Waals surface area contributed by atoms with Crippen molar-refractivity contribution >= 4 is 5.91 Å². The second-order valence-electron chi connectivity index (χ2n) is 5.62. The van der Waals surface area contributed by atoms with E-state index in [4.69, 9.17) is 9.47 Å². The SMILES string of the molecule is C=CCc1ccccc1OCC#CCNC(=O)COc1ccc(C)cc1. The number of hydrogen-bond donors (Lipinski definition) is 1. The van der Waals surface area contributed by atoms with Crippen LogP contribution in [0, 0.1) is 18.8 Å². The molecule has 134 valence electrons. The predicted molar refractivity (Wildman–Crippen MR) is 103 cm³/mol. The maximum absolute atomic E-state index is 11.7. The number of benzene rings is 2. The molecule has 0 heterocycles. The third-order valence-corrected chi connectivity index (χ3v) is 3.53. The van der Waals surface area contributed by atoms with Gasteiger partial charge in [0.2, 0.25) is 0 Å². The monoisotopic (exact) mass is 349 g/mol. The lowest BCUT2D eigenvalue weighted by atomic mass is 10.1. The molecule has 0 radical (unpaired) electrons. The number of nitrogens with one attached hydrogen (secondary N) is 1. The van der Waals surface area contributed by atoms with E-state index in [1.54, 1.807) is 0 Å². The molecule has 1 amide bonds. The molecule has 2 aromatic carbocycles. The molecule has 0 saturated carbocycles. The molecule has 0 atom stereocenters. The Morgan fingerprint density at radius 1 is 1.12 bits per heavy atom. The van der Waals surface area contributed by atoms with Gasteiger partial charge in [0, 0.05) is 0 Å². The van der Waals surface area contributed by atoms with E-state index in [-0.39, 0.29) is 25.7 Å². The van der Waals surface area contributed by atoms with Gasteiger partial charge in [-0.2, -0.15) is 0 Å². The Kier molecular flexibility index (Phi) is 7.82. The summed E-state index contributed by atoms with van der Waals surface area (Å²) in [5.41, 5.74) is 2.22. The second-order valence-corrected chi connectivity index (χ2v) is 5.62. The van der Waals surface area contributed by atoms with Crippen LogP contribution in [0.4, 0.5) is 0 Å². The molecule has 1 N–H and O–H groups in total. The van der Waals surface area contributed by atoms with Crippen molar-refractivity contribution in [2.24, 2.45) is 0 Å². The third-order valence-electron chi connectivity index (χ3n) is 3.53. The molecular formula is C22H23NO3. The minimum Gasteiger partial charge on any atom is -0.484 e. The fraction of sp³-hybridized carbons (Fsp3) is 0.227. The maximum Gasteiger partial charge on any atom is 0.258 e. The summed E-state index contributed by atoms with van der Waals surface area (Å²) in [7, 11) is 0. The molecule has 0 spiro atoms. The van der Waals surface area contributed by atoms with Crippen LogP contribution < -0.4 is 14.8 Å². The molecule has 0 aliphatic rings. The molecule has 4 heteroatoms. The Balaban J connectivity index is 1.66.